The molecule has 1 atom stereocenters. The summed E-state index contributed by atoms with van der Waals surface area (Å²) in [6.07, 6.45) is 7.01. The van der Waals surface area contributed by atoms with E-state index < -0.39 is 0 Å². The maximum absolute atomic E-state index is 5.70. The van der Waals surface area contributed by atoms with Crippen molar-refractivity contribution in [1.82, 2.24) is 0 Å². The molecule has 0 saturated carbocycles. The number of allylic oxidation sites excluding steroid dienone is 1. The fourth-order valence-corrected chi connectivity index (χ4v) is 1.52. The Morgan fingerprint density at radius 3 is 2.77 bits per heavy atom. The smallest absolute Gasteiger partial charge is 0.0763 e. The van der Waals surface area contributed by atoms with Crippen molar-refractivity contribution >= 4 is 0 Å². The third-order valence-corrected chi connectivity index (χ3v) is 2.28. The van der Waals surface area contributed by atoms with Gasteiger partial charge in [0.15, 0.2) is 0 Å². The van der Waals surface area contributed by atoms with E-state index in [1.165, 1.54) is 12.0 Å². The van der Waals surface area contributed by atoms with Crippen LogP contribution in [0.4, 0.5) is 0 Å². The molecule has 1 aromatic carbocycles. The number of ether oxygens (including phenoxy) is 1. The average molecular weight is 174 g/mol. The van der Waals surface area contributed by atoms with E-state index in [1.54, 1.807) is 0 Å². The summed E-state index contributed by atoms with van der Waals surface area (Å²) >= 11 is 0. The summed E-state index contributed by atoms with van der Waals surface area (Å²) in [5.41, 5.74) is 1.25. The molecule has 1 aliphatic rings. The summed E-state index contributed by atoms with van der Waals surface area (Å²) in [5, 5.41) is 0. The van der Waals surface area contributed by atoms with Gasteiger partial charge in [0, 0.05) is 0 Å². The summed E-state index contributed by atoms with van der Waals surface area (Å²) in [6.45, 7) is 0.732. The van der Waals surface area contributed by atoms with E-state index in [0.29, 0.717) is 6.10 Å². The van der Waals surface area contributed by atoms with Crippen LogP contribution in [0, 0.1) is 0 Å². The molecule has 1 heteroatoms. The Labute approximate surface area is 79.0 Å². The molecule has 0 saturated heterocycles. The molecule has 1 unspecified atom stereocenters. The Balaban J connectivity index is 1.82. The number of benzene rings is 1. The summed E-state index contributed by atoms with van der Waals surface area (Å²) in [7, 11) is 0. The van der Waals surface area contributed by atoms with E-state index in [2.05, 4.69) is 24.3 Å². The van der Waals surface area contributed by atoms with Crippen molar-refractivity contribution < 1.29 is 4.74 Å². The monoisotopic (exact) mass is 174 g/mol. The van der Waals surface area contributed by atoms with Crippen LogP contribution >= 0.6 is 0 Å². The van der Waals surface area contributed by atoms with E-state index in [4.69, 9.17) is 4.74 Å². The Kier molecular flexibility index (Phi) is 2.78. The zero-order valence-corrected chi connectivity index (χ0v) is 7.65. The molecule has 0 spiro atoms. The molecule has 0 aliphatic heterocycles. The van der Waals surface area contributed by atoms with Crippen LogP contribution in [0.25, 0.3) is 0 Å². The van der Waals surface area contributed by atoms with Gasteiger partial charge in [0.1, 0.15) is 0 Å². The van der Waals surface area contributed by atoms with E-state index in [0.717, 1.165) is 13.0 Å². The van der Waals surface area contributed by atoms with Gasteiger partial charge in [0.2, 0.25) is 0 Å². The lowest BCUT2D eigenvalue weighted by Gasteiger charge is -2.09. The lowest BCUT2D eigenvalue weighted by atomic mass is 10.2. The summed E-state index contributed by atoms with van der Waals surface area (Å²) < 4.78 is 5.70. The highest BCUT2D eigenvalue weighted by molar-refractivity contribution is 5.13. The van der Waals surface area contributed by atoms with Crippen molar-refractivity contribution in [3.05, 3.63) is 48.0 Å². The molecule has 0 aromatic heterocycles. The van der Waals surface area contributed by atoms with Crippen LogP contribution in [-0.2, 0) is 11.3 Å². The molecule has 2 rings (SSSR count). The highest BCUT2D eigenvalue weighted by atomic mass is 16.5. The maximum atomic E-state index is 5.70. The first-order chi connectivity index (χ1) is 6.45. The minimum atomic E-state index is 0.347. The third-order valence-electron chi connectivity index (χ3n) is 2.28. The van der Waals surface area contributed by atoms with Gasteiger partial charge in [-0.05, 0) is 18.4 Å². The fourth-order valence-electron chi connectivity index (χ4n) is 1.52. The first kappa shape index (κ1) is 8.52. The zero-order chi connectivity index (χ0) is 8.93. The Morgan fingerprint density at radius 1 is 1.23 bits per heavy atom. The molecule has 1 nitrogen and oxygen atoms in total. The second kappa shape index (κ2) is 4.24. The van der Waals surface area contributed by atoms with Gasteiger partial charge < -0.3 is 4.74 Å². The van der Waals surface area contributed by atoms with E-state index in [9.17, 15) is 0 Å². The highest BCUT2D eigenvalue weighted by Gasteiger charge is 2.08. The van der Waals surface area contributed by atoms with Crippen LogP contribution in [0.2, 0.25) is 0 Å². The van der Waals surface area contributed by atoms with Crippen molar-refractivity contribution in [2.45, 2.75) is 25.6 Å². The largest absolute Gasteiger partial charge is 0.369 e. The second-order valence-corrected chi connectivity index (χ2v) is 3.34. The predicted octanol–water partition coefficient (Wildman–Crippen LogP) is 2.92. The van der Waals surface area contributed by atoms with Crippen molar-refractivity contribution in [1.29, 1.82) is 0 Å². The van der Waals surface area contributed by atoms with Crippen molar-refractivity contribution in [2.75, 3.05) is 0 Å². The van der Waals surface area contributed by atoms with Crippen molar-refractivity contribution in [2.24, 2.45) is 0 Å². The van der Waals surface area contributed by atoms with Crippen LogP contribution in [0.1, 0.15) is 18.4 Å². The van der Waals surface area contributed by atoms with Gasteiger partial charge in [-0.15, -0.1) is 0 Å². The number of rotatable bonds is 3. The summed E-state index contributed by atoms with van der Waals surface area (Å²) in [5.74, 6) is 0. The molecule has 0 amide bonds. The number of hydrogen-bond donors (Lipinski definition) is 0. The van der Waals surface area contributed by atoms with Gasteiger partial charge in [-0.1, -0.05) is 42.5 Å². The predicted molar refractivity (Wildman–Crippen MR) is 53.4 cm³/mol. The minimum Gasteiger partial charge on any atom is -0.369 e. The third kappa shape index (κ3) is 2.43. The van der Waals surface area contributed by atoms with Crippen LogP contribution in [-0.4, -0.2) is 6.10 Å². The minimum absolute atomic E-state index is 0.347. The van der Waals surface area contributed by atoms with Crippen molar-refractivity contribution in [3.8, 4) is 0 Å². The molecule has 0 radical (unpaired) electrons. The number of hydrogen-bond acceptors (Lipinski definition) is 1. The Morgan fingerprint density at radius 2 is 2.08 bits per heavy atom. The van der Waals surface area contributed by atoms with Gasteiger partial charge in [-0.25, -0.2) is 0 Å². The van der Waals surface area contributed by atoms with Gasteiger partial charge in [-0.2, -0.15) is 0 Å². The molecule has 0 heterocycles. The SMILES string of the molecule is C1=CC(OCc2ccccc2)CC1. The van der Waals surface area contributed by atoms with E-state index in [1.807, 2.05) is 18.2 Å². The lowest BCUT2D eigenvalue weighted by Crippen LogP contribution is -2.05. The standard InChI is InChI=1S/C12H14O/c1-2-6-11(7-3-1)10-13-12-8-4-5-9-12/h1-4,6-8,12H,5,9-10H2. The molecule has 68 valence electrons. The normalized spacial score (nSPS) is 20.8. The van der Waals surface area contributed by atoms with Gasteiger partial charge in [0.25, 0.3) is 0 Å². The zero-order valence-electron chi connectivity index (χ0n) is 7.65. The molecule has 13 heavy (non-hydrogen) atoms. The topological polar surface area (TPSA) is 9.23 Å². The van der Waals surface area contributed by atoms with Crippen LogP contribution < -0.4 is 0 Å². The Bertz CT molecular complexity index is 276. The fraction of sp³-hybridized carbons (Fsp3) is 0.333. The van der Waals surface area contributed by atoms with Gasteiger partial charge >= 0.3 is 0 Å². The van der Waals surface area contributed by atoms with Gasteiger partial charge in [-0.3, -0.25) is 0 Å². The summed E-state index contributed by atoms with van der Waals surface area (Å²) in [6, 6.07) is 10.3. The first-order valence-corrected chi connectivity index (χ1v) is 4.77. The van der Waals surface area contributed by atoms with E-state index in [-0.39, 0.29) is 0 Å². The molecule has 0 N–H and O–H groups in total. The highest BCUT2D eigenvalue weighted by Crippen LogP contribution is 2.14. The molecular formula is C12H14O. The van der Waals surface area contributed by atoms with Gasteiger partial charge in [0.05, 0.1) is 12.7 Å². The molecule has 0 fully saturated rings. The summed E-state index contributed by atoms with van der Waals surface area (Å²) in [4.78, 5) is 0. The van der Waals surface area contributed by atoms with Crippen molar-refractivity contribution in [3.63, 3.8) is 0 Å². The Hall–Kier alpha value is -1.08. The first-order valence-electron chi connectivity index (χ1n) is 4.77. The second-order valence-electron chi connectivity index (χ2n) is 3.34. The average Bonchev–Trinajstić information content (AvgIpc) is 2.69. The lowest BCUT2D eigenvalue weighted by molar-refractivity contribution is 0.0721. The van der Waals surface area contributed by atoms with Crippen LogP contribution in [0.5, 0.6) is 0 Å². The van der Waals surface area contributed by atoms with Crippen LogP contribution in [0.15, 0.2) is 42.5 Å². The molecular weight excluding hydrogens is 160 g/mol. The maximum Gasteiger partial charge on any atom is 0.0763 e. The molecule has 0 bridgehead atoms. The van der Waals surface area contributed by atoms with E-state index >= 15 is 0 Å². The quantitative estimate of drug-likeness (QED) is 0.640. The molecule has 1 aromatic rings. The van der Waals surface area contributed by atoms with Crippen LogP contribution in [0.3, 0.4) is 0 Å². The molecule has 1 aliphatic carbocycles.